The molecule has 0 unspecified atom stereocenters. The Hall–Kier alpha value is -0.950. The maximum Gasteiger partial charge on any atom is 0.279 e. The molecular formula is C12H18N2O3S. The standard InChI is InChI=1S/C12H18N2O3S/c15-10-12-5-3-4-11(8-12)9-13-18(16,17)14-6-1-2-7-14/h3-5,8,13,15H,1-2,6-7,9-10H2. The molecule has 1 aliphatic heterocycles. The number of nitrogens with one attached hydrogen (secondary N) is 1. The largest absolute Gasteiger partial charge is 0.392 e. The highest BCUT2D eigenvalue weighted by Gasteiger charge is 2.24. The molecule has 5 nitrogen and oxygen atoms in total. The van der Waals surface area contributed by atoms with Gasteiger partial charge in [-0.25, -0.2) is 0 Å². The van der Waals surface area contributed by atoms with Gasteiger partial charge in [-0.15, -0.1) is 0 Å². The Balaban J connectivity index is 1.97. The van der Waals surface area contributed by atoms with Gasteiger partial charge in [-0.1, -0.05) is 24.3 Å². The Kier molecular flexibility index (Phi) is 4.34. The van der Waals surface area contributed by atoms with Crippen molar-refractivity contribution in [1.29, 1.82) is 0 Å². The van der Waals surface area contributed by atoms with Crippen molar-refractivity contribution in [3.05, 3.63) is 35.4 Å². The molecule has 2 N–H and O–H groups in total. The Morgan fingerprint density at radius 1 is 1.22 bits per heavy atom. The fourth-order valence-electron chi connectivity index (χ4n) is 2.03. The average Bonchev–Trinajstić information content (AvgIpc) is 2.91. The minimum atomic E-state index is -3.36. The van der Waals surface area contributed by atoms with Crippen LogP contribution in [-0.2, 0) is 23.4 Å². The van der Waals surface area contributed by atoms with Crippen LogP contribution >= 0.6 is 0 Å². The van der Waals surface area contributed by atoms with Crippen LogP contribution in [0.1, 0.15) is 24.0 Å². The van der Waals surface area contributed by atoms with Gasteiger partial charge < -0.3 is 5.11 Å². The molecule has 0 bridgehead atoms. The lowest BCUT2D eigenvalue weighted by Crippen LogP contribution is -2.38. The van der Waals surface area contributed by atoms with E-state index >= 15 is 0 Å². The normalized spacial score (nSPS) is 17.2. The molecule has 0 aromatic heterocycles. The third kappa shape index (κ3) is 3.29. The van der Waals surface area contributed by atoms with Crippen LogP contribution in [-0.4, -0.2) is 30.9 Å². The molecule has 0 saturated carbocycles. The van der Waals surface area contributed by atoms with E-state index in [-0.39, 0.29) is 13.2 Å². The summed E-state index contributed by atoms with van der Waals surface area (Å²) in [6.07, 6.45) is 1.86. The van der Waals surface area contributed by atoms with Gasteiger partial charge in [0.05, 0.1) is 6.61 Å². The molecule has 1 aliphatic rings. The Morgan fingerprint density at radius 3 is 2.56 bits per heavy atom. The summed E-state index contributed by atoms with van der Waals surface area (Å²) in [6.45, 7) is 1.43. The first-order valence-electron chi connectivity index (χ1n) is 6.05. The highest BCUT2D eigenvalue weighted by Crippen LogP contribution is 2.12. The van der Waals surface area contributed by atoms with Crippen LogP contribution in [0.25, 0.3) is 0 Å². The number of hydrogen-bond acceptors (Lipinski definition) is 3. The summed E-state index contributed by atoms with van der Waals surface area (Å²) in [4.78, 5) is 0. The second kappa shape index (κ2) is 5.79. The topological polar surface area (TPSA) is 69.6 Å². The highest BCUT2D eigenvalue weighted by atomic mass is 32.2. The van der Waals surface area contributed by atoms with Crippen molar-refractivity contribution in [2.45, 2.75) is 26.0 Å². The number of aliphatic hydroxyl groups excluding tert-OH is 1. The van der Waals surface area contributed by atoms with Gasteiger partial charge in [0, 0.05) is 19.6 Å². The van der Waals surface area contributed by atoms with E-state index in [4.69, 9.17) is 5.11 Å². The summed E-state index contributed by atoms with van der Waals surface area (Å²) in [5.41, 5.74) is 1.64. The number of aliphatic hydroxyl groups is 1. The number of nitrogens with zero attached hydrogens (tertiary/aromatic N) is 1. The smallest absolute Gasteiger partial charge is 0.279 e. The van der Waals surface area contributed by atoms with Crippen molar-refractivity contribution in [3.63, 3.8) is 0 Å². The molecule has 0 radical (unpaired) electrons. The molecular weight excluding hydrogens is 252 g/mol. The molecule has 6 heteroatoms. The van der Waals surface area contributed by atoms with E-state index < -0.39 is 10.2 Å². The van der Waals surface area contributed by atoms with Crippen LogP contribution in [0.4, 0.5) is 0 Å². The summed E-state index contributed by atoms with van der Waals surface area (Å²) < 4.78 is 27.9. The minimum absolute atomic E-state index is 0.0350. The summed E-state index contributed by atoms with van der Waals surface area (Å²) >= 11 is 0. The van der Waals surface area contributed by atoms with Gasteiger partial charge in [-0.2, -0.15) is 17.4 Å². The van der Waals surface area contributed by atoms with Gasteiger partial charge in [0.2, 0.25) is 0 Å². The van der Waals surface area contributed by atoms with Crippen LogP contribution in [0.5, 0.6) is 0 Å². The number of benzene rings is 1. The fourth-order valence-corrected chi connectivity index (χ4v) is 3.30. The summed E-state index contributed by atoms with van der Waals surface area (Å²) in [6, 6.07) is 7.25. The maximum absolute atomic E-state index is 11.9. The molecule has 1 fully saturated rings. The molecule has 1 saturated heterocycles. The van der Waals surface area contributed by atoms with Crippen molar-refractivity contribution in [3.8, 4) is 0 Å². The lowest BCUT2D eigenvalue weighted by atomic mass is 10.1. The first-order chi connectivity index (χ1) is 8.62. The molecule has 1 heterocycles. The maximum atomic E-state index is 11.9. The first kappa shape index (κ1) is 13.5. The van der Waals surface area contributed by atoms with E-state index in [1.807, 2.05) is 12.1 Å². The Bertz CT molecular complexity index is 496. The van der Waals surface area contributed by atoms with Gasteiger partial charge in [0.15, 0.2) is 0 Å². The van der Waals surface area contributed by atoms with Gasteiger partial charge in [0.25, 0.3) is 10.2 Å². The van der Waals surface area contributed by atoms with Crippen molar-refractivity contribution in [2.75, 3.05) is 13.1 Å². The van der Waals surface area contributed by atoms with Crippen LogP contribution in [0.15, 0.2) is 24.3 Å². The zero-order chi connectivity index (χ0) is 13.0. The van der Waals surface area contributed by atoms with E-state index in [0.717, 1.165) is 24.0 Å². The Morgan fingerprint density at radius 2 is 1.89 bits per heavy atom. The molecule has 18 heavy (non-hydrogen) atoms. The molecule has 0 atom stereocenters. The van der Waals surface area contributed by atoms with Crippen molar-refractivity contribution >= 4 is 10.2 Å². The van der Waals surface area contributed by atoms with Crippen molar-refractivity contribution < 1.29 is 13.5 Å². The predicted octanol–water partition coefficient (Wildman–Crippen LogP) is 0.609. The predicted molar refractivity (Wildman–Crippen MR) is 68.9 cm³/mol. The van der Waals surface area contributed by atoms with Crippen LogP contribution in [0.3, 0.4) is 0 Å². The minimum Gasteiger partial charge on any atom is -0.392 e. The number of hydrogen-bond donors (Lipinski definition) is 2. The first-order valence-corrected chi connectivity index (χ1v) is 7.49. The van der Waals surface area contributed by atoms with E-state index in [1.165, 1.54) is 4.31 Å². The summed E-state index contributed by atoms with van der Waals surface area (Å²) in [5, 5.41) is 9.02. The second-order valence-corrected chi connectivity index (χ2v) is 6.17. The molecule has 0 aliphatic carbocycles. The van der Waals surface area contributed by atoms with E-state index in [9.17, 15) is 8.42 Å². The second-order valence-electron chi connectivity index (χ2n) is 4.41. The zero-order valence-corrected chi connectivity index (χ0v) is 11.0. The molecule has 1 aromatic rings. The fraction of sp³-hybridized carbons (Fsp3) is 0.500. The third-order valence-electron chi connectivity index (χ3n) is 3.04. The van der Waals surface area contributed by atoms with E-state index in [1.54, 1.807) is 12.1 Å². The van der Waals surface area contributed by atoms with Crippen LogP contribution in [0.2, 0.25) is 0 Å². The van der Waals surface area contributed by atoms with Crippen molar-refractivity contribution in [2.24, 2.45) is 0 Å². The van der Waals surface area contributed by atoms with Crippen LogP contribution in [0, 0.1) is 0 Å². The van der Waals surface area contributed by atoms with Crippen LogP contribution < -0.4 is 4.72 Å². The lowest BCUT2D eigenvalue weighted by Gasteiger charge is -2.16. The number of rotatable bonds is 5. The zero-order valence-electron chi connectivity index (χ0n) is 10.2. The van der Waals surface area contributed by atoms with Gasteiger partial charge in [-0.3, -0.25) is 0 Å². The monoisotopic (exact) mass is 270 g/mol. The highest BCUT2D eigenvalue weighted by molar-refractivity contribution is 7.87. The Labute approximate surface area is 108 Å². The average molecular weight is 270 g/mol. The molecule has 100 valence electrons. The molecule has 0 spiro atoms. The molecule has 1 aromatic carbocycles. The van der Waals surface area contributed by atoms with Crippen molar-refractivity contribution in [1.82, 2.24) is 9.03 Å². The van der Waals surface area contributed by atoms with E-state index in [0.29, 0.717) is 13.1 Å². The quantitative estimate of drug-likeness (QED) is 0.823. The molecule has 2 rings (SSSR count). The van der Waals surface area contributed by atoms with Gasteiger partial charge in [-0.05, 0) is 24.0 Å². The lowest BCUT2D eigenvalue weighted by molar-refractivity contribution is 0.281. The van der Waals surface area contributed by atoms with Gasteiger partial charge in [0.1, 0.15) is 0 Å². The summed E-state index contributed by atoms with van der Waals surface area (Å²) in [7, 11) is -3.36. The summed E-state index contributed by atoms with van der Waals surface area (Å²) in [5.74, 6) is 0. The SMILES string of the molecule is O=S(=O)(NCc1cccc(CO)c1)N1CCCC1. The third-order valence-corrected chi connectivity index (χ3v) is 4.59. The van der Waals surface area contributed by atoms with Gasteiger partial charge >= 0.3 is 0 Å². The van der Waals surface area contributed by atoms with E-state index in [2.05, 4.69) is 4.72 Å². The molecule has 0 amide bonds.